The van der Waals surface area contributed by atoms with Gasteiger partial charge >= 0.3 is 12.1 Å². The van der Waals surface area contributed by atoms with E-state index in [1.54, 1.807) is 71.0 Å². The van der Waals surface area contributed by atoms with Gasteiger partial charge in [-0.25, -0.2) is 13.2 Å². The number of primary amides is 1. The maximum Gasteiger partial charge on any atom is 0.409 e. The number of carbonyl (C=O) groups is 2. The van der Waals surface area contributed by atoms with Gasteiger partial charge in [0.2, 0.25) is 10.0 Å². The van der Waals surface area contributed by atoms with E-state index >= 15 is 0 Å². The molecule has 1 atom stereocenters. The van der Waals surface area contributed by atoms with Crippen LogP contribution in [-0.2, 0) is 19.6 Å². The second-order valence-electron chi connectivity index (χ2n) is 8.35. The molecule has 0 aliphatic heterocycles. The largest absolute Gasteiger partial charge is 0.459 e. The average Bonchev–Trinajstić information content (AvgIpc) is 2.65. The summed E-state index contributed by atoms with van der Waals surface area (Å²) in [5.74, 6) is -0.618. The molecule has 0 unspecified atom stereocenters. The minimum absolute atomic E-state index is 0.0270. The Morgan fingerprint density at radius 1 is 0.935 bits per heavy atom. The molecule has 0 fully saturated rings. The lowest BCUT2D eigenvalue weighted by Crippen LogP contribution is -2.47. The van der Waals surface area contributed by atoms with Crippen molar-refractivity contribution in [2.24, 2.45) is 11.7 Å². The Morgan fingerprint density at radius 2 is 1.42 bits per heavy atom. The van der Waals surface area contributed by atoms with Gasteiger partial charge in [0.05, 0.1) is 4.90 Å². The summed E-state index contributed by atoms with van der Waals surface area (Å²) in [6, 6.07) is 11.8. The molecule has 31 heavy (non-hydrogen) atoms. The smallest absolute Gasteiger partial charge is 0.409 e. The van der Waals surface area contributed by atoms with Crippen LogP contribution >= 0.6 is 0 Å². The highest BCUT2D eigenvalue weighted by Gasteiger charge is 2.32. The molecule has 3 N–H and O–H groups in total. The first-order chi connectivity index (χ1) is 14.3. The van der Waals surface area contributed by atoms with Crippen molar-refractivity contribution in [3.8, 4) is 16.9 Å². The molecular weight excluding hydrogens is 420 g/mol. The quantitative estimate of drug-likeness (QED) is 0.625. The molecule has 0 radical (unpaired) electrons. The Labute approximate surface area is 182 Å². The molecule has 8 nitrogen and oxygen atoms in total. The molecular formula is C22H28N2O6S. The number of hydrogen-bond donors (Lipinski definition) is 2. The molecule has 0 spiro atoms. The van der Waals surface area contributed by atoms with Crippen LogP contribution in [0.5, 0.6) is 5.75 Å². The molecule has 0 aromatic heterocycles. The SMILES string of the molecule is CC(C)[C@@H](NS(=O)(=O)c1ccc(-c2ccc(OC(N)=O)cc2)cc1)C(=O)OC(C)(C)C. The number of sulfonamides is 1. The third-order valence-corrected chi connectivity index (χ3v) is 5.64. The molecule has 0 aliphatic rings. The molecule has 2 aromatic rings. The van der Waals surface area contributed by atoms with E-state index in [4.69, 9.17) is 15.2 Å². The summed E-state index contributed by atoms with van der Waals surface area (Å²) in [6.07, 6.45) is -0.902. The Balaban J connectivity index is 2.19. The first kappa shape index (κ1) is 24.4. The van der Waals surface area contributed by atoms with Gasteiger partial charge in [-0.15, -0.1) is 0 Å². The van der Waals surface area contributed by atoms with Crippen LogP contribution in [0.1, 0.15) is 34.6 Å². The monoisotopic (exact) mass is 448 g/mol. The highest BCUT2D eigenvalue weighted by molar-refractivity contribution is 7.89. The summed E-state index contributed by atoms with van der Waals surface area (Å²) >= 11 is 0. The Hall–Kier alpha value is -2.91. The molecule has 2 aromatic carbocycles. The first-order valence-electron chi connectivity index (χ1n) is 9.71. The summed E-state index contributed by atoms with van der Waals surface area (Å²) in [4.78, 5) is 23.3. The van der Waals surface area contributed by atoms with E-state index in [-0.39, 0.29) is 10.8 Å². The number of esters is 1. The van der Waals surface area contributed by atoms with Crippen molar-refractivity contribution in [1.82, 2.24) is 4.72 Å². The Bertz CT molecular complexity index is 1020. The van der Waals surface area contributed by atoms with Crippen molar-refractivity contribution in [3.63, 3.8) is 0 Å². The van der Waals surface area contributed by atoms with Crippen molar-refractivity contribution < 1.29 is 27.5 Å². The maximum atomic E-state index is 12.8. The molecule has 0 heterocycles. The van der Waals surface area contributed by atoms with Gasteiger partial charge in [-0.3, -0.25) is 4.79 Å². The number of nitrogens with one attached hydrogen (secondary N) is 1. The maximum absolute atomic E-state index is 12.8. The lowest BCUT2D eigenvalue weighted by Gasteiger charge is -2.26. The number of ether oxygens (including phenoxy) is 2. The minimum Gasteiger partial charge on any atom is -0.459 e. The van der Waals surface area contributed by atoms with Crippen LogP contribution in [0.4, 0.5) is 4.79 Å². The standard InChI is InChI=1S/C22H28N2O6S/c1-14(2)19(20(25)30-22(3,4)5)24-31(27,28)18-12-8-16(9-13-18)15-6-10-17(11-7-15)29-21(23)26/h6-14,19,24H,1-5H3,(H2,23,26)/t19-/m1/s1. The highest BCUT2D eigenvalue weighted by Crippen LogP contribution is 2.24. The van der Waals surface area contributed by atoms with Gasteiger partial charge in [-0.2, -0.15) is 4.72 Å². The fourth-order valence-corrected chi connectivity index (χ4v) is 4.05. The summed E-state index contributed by atoms with van der Waals surface area (Å²) in [6.45, 7) is 8.66. The Morgan fingerprint density at radius 3 is 1.84 bits per heavy atom. The molecule has 9 heteroatoms. The zero-order valence-electron chi connectivity index (χ0n) is 18.2. The fourth-order valence-electron chi connectivity index (χ4n) is 2.71. The number of hydrogen-bond acceptors (Lipinski definition) is 6. The van der Waals surface area contributed by atoms with Gasteiger partial charge in [-0.05, 0) is 62.1 Å². The molecule has 0 bridgehead atoms. The second-order valence-corrected chi connectivity index (χ2v) is 10.1. The lowest BCUT2D eigenvalue weighted by molar-refractivity contribution is -0.158. The van der Waals surface area contributed by atoms with Crippen LogP contribution in [-0.4, -0.2) is 32.1 Å². The normalized spacial score (nSPS) is 13.0. The van der Waals surface area contributed by atoms with Crippen molar-refractivity contribution in [2.45, 2.75) is 51.2 Å². The molecule has 0 aliphatic carbocycles. The van der Waals surface area contributed by atoms with Crippen molar-refractivity contribution in [1.29, 1.82) is 0 Å². The molecule has 0 saturated heterocycles. The van der Waals surface area contributed by atoms with Gasteiger partial charge in [0, 0.05) is 0 Å². The fraction of sp³-hybridized carbons (Fsp3) is 0.364. The lowest BCUT2D eigenvalue weighted by atomic mass is 10.1. The van der Waals surface area contributed by atoms with Gasteiger partial charge in [0.1, 0.15) is 17.4 Å². The van der Waals surface area contributed by atoms with Gasteiger partial charge in [0.15, 0.2) is 0 Å². The highest BCUT2D eigenvalue weighted by atomic mass is 32.2. The number of amides is 1. The van der Waals surface area contributed by atoms with Crippen molar-refractivity contribution in [3.05, 3.63) is 48.5 Å². The van der Waals surface area contributed by atoms with E-state index in [2.05, 4.69) is 4.72 Å². The predicted octanol–water partition coefficient (Wildman–Crippen LogP) is 3.46. The molecule has 168 valence electrons. The summed E-state index contributed by atoms with van der Waals surface area (Å²) in [5.41, 5.74) is 5.81. The minimum atomic E-state index is -3.95. The number of nitrogens with two attached hydrogens (primary N) is 1. The molecule has 1 amide bonds. The van der Waals surface area contributed by atoms with Crippen molar-refractivity contribution in [2.75, 3.05) is 0 Å². The summed E-state index contributed by atoms with van der Waals surface area (Å²) in [5, 5.41) is 0. The Kier molecular flexibility index (Phi) is 7.45. The topological polar surface area (TPSA) is 125 Å². The van der Waals surface area contributed by atoms with Gasteiger partial charge in [0.25, 0.3) is 0 Å². The van der Waals surface area contributed by atoms with Crippen LogP contribution in [0.15, 0.2) is 53.4 Å². The van der Waals surface area contributed by atoms with Crippen LogP contribution in [0.25, 0.3) is 11.1 Å². The zero-order chi connectivity index (χ0) is 23.4. The average molecular weight is 449 g/mol. The summed E-state index contributed by atoms with van der Waals surface area (Å²) < 4.78 is 38.3. The van der Waals surface area contributed by atoms with Gasteiger partial charge < -0.3 is 15.2 Å². The van der Waals surface area contributed by atoms with Gasteiger partial charge in [-0.1, -0.05) is 38.1 Å². The second kappa shape index (κ2) is 9.49. The molecule has 2 rings (SSSR count). The number of carbonyl (C=O) groups excluding carboxylic acids is 2. The van der Waals surface area contributed by atoms with E-state index in [1.807, 2.05) is 0 Å². The predicted molar refractivity (Wildman–Crippen MR) is 117 cm³/mol. The third kappa shape index (κ3) is 7.08. The number of rotatable bonds is 7. The number of benzene rings is 2. The van der Waals surface area contributed by atoms with E-state index in [0.717, 1.165) is 11.1 Å². The van der Waals surface area contributed by atoms with Crippen LogP contribution < -0.4 is 15.2 Å². The first-order valence-corrected chi connectivity index (χ1v) is 11.2. The summed E-state index contributed by atoms with van der Waals surface area (Å²) in [7, 11) is -3.95. The van der Waals surface area contributed by atoms with Crippen LogP contribution in [0, 0.1) is 5.92 Å². The van der Waals surface area contributed by atoms with Crippen molar-refractivity contribution >= 4 is 22.1 Å². The van der Waals surface area contributed by atoms with E-state index in [9.17, 15) is 18.0 Å². The van der Waals surface area contributed by atoms with Crippen LogP contribution in [0.2, 0.25) is 0 Å². The van der Waals surface area contributed by atoms with E-state index in [0.29, 0.717) is 5.75 Å². The van der Waals surface area contributed by atoms with Crippen LogP contribution in [0.3, 0.4) is 0 Å². The zero-order valence-corrected chi connectivity index (χ0v) is 19.0. The van der Waals surface area contributed by atoms with E-state index in [1.165, 1.54) is 12.1 Å². The molecule has 0 saturated carbocycles. The van der Waals surface area contributed by atoms with E-state index < -0.39 is 33.7 Å². The third-order valence-electron chi connectivity index (χ3n) is 4.18.